The average Bonchev–Trinajstić information content (AvgIpc) is 2.22. The van der Waals surface area contributed by atoms with E-state index in [1.165, 1.54) is 12.1 Å². The molecule has 1 rings (SSSR count). The number of hydrogen-bond acceptors (Lipinski definition) is 2. The van der Waals surface area contributed by atoms with Gasteiger partial charge in [-0.3, -0.25) is 4.79 Å². The number of benzene rings is 1. The first-order chi connectivity index (χ1) is 7.17. The Morgan fingerprint density at radius 1 is 1.60 bits per heavy atom. The number of rotatable bonds is 4. The molecule has 0 radical (unpaired) electrons. The summed E-state index contributed by atoms with van der Waals surface area (Å²) in [5.41, 5.74) is 0.363. The van der Waals surface area contributed by atoms with Crippen molar-refractivity contribution in [2.75, 3.05) is 17.8 Å². The molecule has 1 aromatic rings. The Labute approximate surface area is 92.2 Å². The van der Waals surface area contributed by atoms with Crippen molar-refractivity contribution in [1.82, 2.24) is 0 Å². The molecule has 0 heterocycles. The van der Waals surface area contributed by atoms with Crippen LogP contribution in [0.2, 0.25) is 0 Å². The Morgan fingerprint density at radius 3 is 2.87 bits per heavy atom. The highest BCUT2D eigenvalue weighted by Gasteiger charge is 2.05. The molecule has 0 aliphatic carbocycles. The molecular formula is C10H11ClFNO2. The summed E-state index contributed by atoms with van der Waals surface area (Å²) in [5, 5.41) is 2.44. The van der Waals surface area contributed by atoms with Crippen LogP contribution >= 0.6 is 11.6 Å². The van der Waals surface area contributed by atoms with Crippen LogP contribution in [0.5, 0.6) is 5.75 Å². The molecule has 0 spiro atoms. The van der Waals surface area contributed by atoms with Gasteiger partial charge in [-0.2, -0.15) is 0 Å². The fraction of sp³-hybridized carbons (Fsp3) is 0.300. The van der Waals surface area contributed by atoms with E-state index in [1.807, 2.05) is 0 Å². The third-order valence-electron chi connectivity index (χ3n) is 1.64. The van der Waals surface area contributed by atoms with E-state index in [2.05, 4.69) is 5.32 Å². The molecule has 3 nitrogen and oxygen atoms in total. The molecular weight excluding hydrogens is 221 g/mol. The number of carbonyl (C=O) groups is 1. The van der Waals surface area contributed by atoms with Crippen molar-refractivity contribution in [2.24, 2.45) is 0 Å². The van der Waals surface area contributed by atoms with Crippen LogP contribution in [-0.2, 0) is 4.79 Å². The lowest BCUT2D eigenvalue weighted by Gasteiger charge is -2.07. The first-order valence-electron chi connectivity index (χ1n) is 4.45. The lowest BCUT2D eigenvalue weighted by molar-refractivity contribution is -0.113. The zero-order valence-corrected chi connectivity index (χ0v) is 8.97. The van der Waals surface area contributed by atoms with Gasteiger partial charge in [-0.25, -0.2) is 4.39 Å². The number of halogens is 2. The highest BCUT2D eigenvalue weighted by Crippen LogP contribution is 2.20. The summed E-state index contributed by atoms with van der Waals surface area (Å²) in [6.07, 6.45) is 0. The van der Waals surface area contributed by atoms with Crippen LogP contribution in [0, 0.1) is 5.82 Å². The van der Waals surface area contributed by atoms with E-state index >= 15 is 0 Å². The minimum absolute atomic E-state index is 0.158. The second-order valence-electron chi connectivity index (χ2n) is 2.76. The van der Waals surface area contributed by atoms with Crippen LogP contribution in [0.1, 0.15) is 6.92 Å². The quantitative estimate of drug-likeness (QED) is 0.809. The van der Waals surface area contributed by atoms with E-state index in [0.29, 0.717) is 12.3 Å². The van der Waals surface area contributed by atoms with Gasteiger partial charge in [-0.15, -0.1) is 11.6 Å². The van der Waals surface area contributed by atoms with Gasteiger partial charge in [0.15, 0.2) is 11.6 Å². The van der Waals surface area contributed by atoms with Crippen LogP contribution in [0.3, 0.4) is 0 Å². The van der Waals surface area contributed by atoms with Gasteiger partial charge >= 0.3 is 0 Å². The van der Waals surface area contributed by atoms with Crippen molar-refractivity contribution < 1.29 is 13.9 Å². The summed E-state index contributed by atoms with van der Waals surface area (Å²) in [6, 6.07) is 4.21. The first-order valence-corrected chi connectivity index (χ1v) is 4.99. The van der Waals surface area contributed by atoms with Crippen LogP contribution in [0.4, 0.5) is 10.1 Å². The number of nitrogens with one attached hydrogen (secondary N) is 1. The van der Waals surface area contributed by atoms with Gasteiger partial charge in [-0.1, -0.05) is 0 Å². The zero-order chi connectivity index (χ0) is 11.3. The highest BCUT2D eigenvalue weighted by atomic mass is 35.5. The summed E-state index contributed by atoms with van der Waals surface area (Å²) >= 11 is 5.29. The van der Waals surface area contributed by atoms with Crippen LogP contribution in [-0.4, -0.2) is 18.4 Å². The molecule has 1 N–H and O–H groups in total. The standard InChI is InChI=1S/C10H11ClFNO2/c1-2-15-9-4-3-7(5-8(9)12)13-10(14)6-11/h3-5H,2,6H2,1H3,(H,13,14). The lowest BCUT2D eigenvalue weighted by Crippen LogP contribution is -2.12. The smallest absolute Gasteiger partial charge is 0.239 e. The SMILES string of the molecule is CCOc1ccc(NC(=O)CCl)cc1F. The molecule has 0 fully saturated rings. The fourth-order valence-corrected chi connectivity index (χ4v) is 1.11. The summed E-state index contributed by atoms with van der Waals surface area (Å²) in [4.78, 5) is 10.9. The monoisotopic (exact) mass is 231 g/mol. The minimum atomic E-state index is -0.510. The van der Waals surface area contributed by atoms with Gasteiger partial charge in [0.2, 0.25) is 5.91 Å². The van der Waals surface area contributed by atoms with Gasteiger partial charge in [0.05, 0.1) is 6.61 Å². The Morgan fingerprint density at radius 2 is 2.33 bits per heavy atom. The Bertz CT molecular complexity index is 357. The van der Waals surface area contributed by atoms with Crippen molar-refractivity contribution in [3.05, 3.63) is 24.0 Å². The number of amides is 1. The van der Waals surface area contributed by atoms with Crippen molar-refractivity contribution in [3.8, 4) is 5.75 Å². The van der Waals surface area contributed by atoms with Gasteiger partial charge in [0, 0.05) is 11.8 Å². The van der Waals surface area contributed by atoms with Gasteiger partial charge in [0.1, 0.15) is 5.88 Å². The molecule has 5 heteroatoms. The van der Waals surface area contributed by atoms with E-state index in [4.69, 9.17) is 16.3 Å². The van der Waals surface area contributed by atoms with Gasteiger partial charge < -0.3 is 10.1 Å². The third kappa shape index (κ3) is 3.40. The van der Waals surface area contributed by atoms with Crippen LogP contribution in [0.15, 0.2) is 18.2 Å². The first kappa shape index (κ1) is 11.8. The fourth-order valence-electron chi connectivity index (χ4n) is 1.05. The second-order valence-corrected chi connectivity index (χ2v) is 3.03. The minimum Gasteiger partial charge on any atom is -0.491 e. The summed E-state index contributed by atoms with van der Waals surface area (Å²) in [6.45, 7) is 2.16. The molecule has 0 unspecified atom stereocenters. The Hall–Kier alpha value is -1.29. The number of hydrogen-bond donors (Lipinski definition) is 1. The number of carbonyl (C=O) groups excluding carboxylic acids is 1. The summed E-state index contributed by atoms with van der Waals surface area (Å²) in [5.74, 6) is -0.875. The summed E-state index contributed by atoms with van der Waals surface area (Å²) in [7, 11) is 0. The maximum absolute atomic E-state index is 13.3. The van der Waals surface area contributed by atoms with Gasteiger partial charge in [0.25, 0.3) is 0 Å². The average molecular weight is 232 g/mol. The van der Waals surface area contributed by atoms with E-state index in [0.717, 1.165) is 0 Å². The predicted octanol–water partition coefficient (Wildman–Crippen LogP) is 2.40. The predicted molar refractivity (Wildman–Crippen MR) is 56.9 cm³/mol. The van der Waals surface area contributed by atoms with Crippen molar-refractivity contribution in [1.29, 1.82) is 0 Å². The molecule has 0 aliphatic heterocycles. The topological polar surface area (TPSA) is 38.3 Å². The van der Waals surface area contributed by atoms with Crippen LogP contribution < -0.4 is 10.1 Å². The van der Waals surface area contributed by atoms with Crippen LogP contribution in [0.25, 0.3) is 0 Å². The number of ether oxygens (including phenoxy) is 1. The normalized spacial score (nSPS) is 9.80. The van der Waals surface area contributed by atoms with Gasteiger partial charge in [-0.05, 0) is 19.1 Å². The Kier molecular flexibility index (Phi) is 4.37. The van der Waals surface area contributed by atoms with E-state index in [9.17, 15) is 9.18 Å². The van der Waals surface area contributed by atoms with E-state index in [1.54, 1.807) is 13.0 Å². The lowest BCUT2D eigenvalue weighted by atomic mass is 10.3. The van der Waals surface area contributed by atoms with E-state index < -0.39 is 5.82 Å². The molecule has 15 heavy (non-hydrogen) atoms. The highest BCUT2D eigenvalue weighted by molar-refractivity contribution is 6.29. The molecule has 0 atom stereocenters. The number of alkyl halides is 1. The molecule has 0 saturated carbocycles. The molecule has 82 valence electrons. The molecule has 0 aromatic heterocycles. The molecule has 0 saturated heterocycles. The zero-order valence-electron chi connectivity index (χ0n) is 8.22. The Balaban J connectivity index is 2.77. The second kappa shape index (κ2) is 5.56. The van der Waals surface area contributed by atoms with E-state index in [-0.39, 0.29) is 17.5 Å². The maximum atomic E-state index is 13.3. The van der Waals surface area contributed by atoms with Crippen molar-refractivity contribution in [3.63, 3.8) is 0 Å². The number of anilines is 1. The van der Waals surface area contributed by atoms with Crippen molar-refractivity contribution in [2.45, 2.75) is 6.92 Å². The molecule has 0 bridgehead atoms. The third-order valence-corrected chi connectivity index (χ3v) is 1.88. The molecule has 1 amide bonds. The largest absolute Gasteiger partial charge is 0.491 e. The molecule has 1 aromatic carbocycles. The summed E-state index contributed by atoms with van der Waals surface area (Å²) < 4.78 is 18.3. The molecule has 0 aliphatic rings. The van der Waals surface area contributed by atoms with Crippen molar-refractivity contribution >= 4 is 23.2 Å². The maximum Gasteiger partial charge on any atom is 0.239 e.